The van der Waals surface area contributed by atoms with Gasteiger partial charge in [-0.25, -0.2) is 4.98 Å². The van der Waals surface area contributed by atoms with Crippen LogP contribution in [-0.2, 0) is 6.54 Å². The lowest BCUT2D eigenvalue weighted by molar-refractivity contribution is 0.701. The van der Waals surface area contributed by atoms with Crippen LogP contribution in [0, 0.1) is 10.5 Å². The fourth-order valence-corrected chi connectivity index (χ4v) is 3.21. The van der Waals surface area contributed by atoms with Crippen LogP contribution in [0.1, 0.15) is 10.7 Å². The summed E-state index contributed by atoms with van der Waals surface area (Å²) in [5.74, 6) is 0.741. The minimum Gasteiger partial charge on any atom is -0.291 e. The van der Waals surface area contributed by atoms with Gasteiger partial charge in [-0.1, -0.05) is 0 Å². The Morgan fingerprint density at radius 3 is 3.00 bits per heavy atom. The number of aryl methyl sites for hydroxylation is 1. The standard InChI is InChI=1S/C10H8BrIN2OS/c1-6-13-4-8(12)10(15)14(6)5-9-7(11)2-3-16-9/h2-4H,5H2,1H3. The third-order valence-corrected chi connectivity index (χ3v) is 4.85. The van der Waals surface area contributed by atoms with E-state index < -0.39 is 0 Å². The first-order valence-electron chi connectivity index (χ1n) is 4.53. The smallest absolute Gasteiger partial charge is 0.267 e. The van der Waals surface area contributed by atoms with Gasteiger partial charge in [0.2, 0.25) is 0 Å². The van der Waals surface area contributed by atoms with E-state index in [-0.39, 0.29) is 5.56 Å². The van der Waals surface area contributed by atoms with Gasteiger partial charge in [0.15, 0.2) is 0 Å². The molecule has 0 unspecified atom stereocenters. The van der Waals surface area contributed by atoms with Crippen LogP contribution in [0.4, 0.5) is 0 Å². The molecule has 0 saturated heterocycles. The highest BCUT2D eigenvalue weighted by Gasteiger charge is 2.08. The van der Waals surface area contributed by atoms with Crippen LogP contribution >= 0.6 is 49.9 Å². The Morgan fingerprint density at radius 1 is 1.62 bits per heavy atom. The Hall–Kier alpha value is -0.210. The topological polar surface area (TPSA) is 34.9 Å². The van der Waals surface area contributed by atoms with Gasteiger partial charge in [-0.3, -0.25) is 9.36 Å². The van der Waals surface area contributed by atoms with Crippen molar-refractivity contribution >= 4 is 49.9 Å². The molecule has 0 aliphatic carbocycles. The zero-order chi connectivity index (χ0) is 11.7. The molecule has 0 fully saturated rings. The molecule has 2 aromatic heterocycles. The highest BCUT2D eigenvalue weighted by molar-refractivity contribution is 14.1. The van der Waals surface area contributed by atoms with Gasteiger partial charge in [0.1, 0.15) is 5.82 Å². The van der Waals surface area contributed by atoms with E-state index in [0.29, 0.717) is 10.1 Å². The van der Waals surface area contributed by atoms with Crippen molar-refractivity contribution in [1.29, 1.82) is 0 Å². The Labute approximate surface area is 119 Å². The second kappa shape index (κ2) is 4.97. The minimum absolute atomic E-state index is 0.0217. The number of hydrogen-bond acceptors (Lipinski definition) is 3. The molecular formula is C10H8BrIN2OS. The van der Waals surface area contributed by atoms with E-state index in [9.17, 15) is 4.79 Å². The van der Waals surface area contributed by atoms with E-state index in [4.69, 9.17) is 0 Å². The fraction of sp³-hybridized carbons (Fsp3) is 0.200. The molecular weight excluding hydrogens is 403 g/mol. The van der Waals surface area contributed by atoms with Crippen LogP contribution in [-0.4, -0.2) is 9.55 Å². The second-order valence-corrected chi connectivity index (χ2v) is 6.25. The third kappa shape index (κ3) is 2.38. The van der Waals surface area contributed by atoms with Crippen LogP contribution in [0.25, 0.3) is 0 Å². The van der Waals surface area contributed by atoms with Crippen molar-refractivity contribution in [2.24, 2.45) is 0 Å². The maximum atomic E-state index is 11.9. The monoisotopic (exact) mass is 410 g/mol. The number of aromatic nitrogens is 2. The molecule has 0 atom stereocenters. The molecule has 2 rings (SSSR count). The van der Waals surface area contributed by atoms with Gasteiger partial charge < -0.3 is 0 Å². The van der Waals surface area contributed by atoms with E-state index in [2.05, 4.69) is 20.9 Å². The summed E-state index contributed by atoms with van der Waals surface area (Å²) in [5, 5.41) is 2.00. The predicted molar refractivity (Wildman–Crippen MR) is 77.1 cm³/mol. The summed E-state index contributed by atoms with van der Waals surface area (Å²) < 4.78 is 3.39. The lowest BCUT2D eigenvalue weighted by Crippen LogP contribution is -2.25. The van der Waals surface area contributed by atoms with Gasteiger partial charge in [0.05, 0.1) is 10.1 Å². The second-order valence-electron chi connectivity index (χ2n) is 3.24. The van der Waals surface area contributed by atoms with Gasteiger partial charge in [0, 0.05) is 15.5 Å². The molecule has 0 amide bonds. The maximum absolute atomic E-state index is 11.9. The molecule has 0 saturated carbocycles. The van der Waals surface area contributed by atoms with Crippen molar-refractivity contribution in [3.63, 3.8) is 0 Å². The van der Waals surface area contributed by atoms with Crippen LogP contribution < -0.4 is 5.56 Å². The third-order valence-electron chi connectivity index (χ3n) is 2.20. The zero-order valence-corrected chi connectivity index (χ0v) is 13.0. The number of rotatable bonds is 2. The summed E-state index contributed by atoms with van der Waals surface area (Å²) in [6.07, 6.45) is 1.61. The zero-order valence-electron chi connectivity index (χ0n) is 8.41. The van der Waals surface area contributed by atoms with Crippen molar-refractivity contribution < 1.29 is 0 Å². The molecule has 0 aromatic carbocycles. The van der Waals surface area contributed by atoms with Crippen LogP contribution in [0.3, 0.4) is 0 Å². The molecule has 0 bridgehead atoms. The Balaban J connectivity index is 2.46. The van der Waals surface area contributed by atoms with Gasteiger partial charge in [0.25, 0.3) is 5.56 Å². The van der Waals surface area contributed by atoms with Gasteiger partial charge >= 0.3 is 0 Å². The molecule has 16 heavy (non-hydrogen) atoms. The molecule has 84 valence electrons. The van der Waals surface area contributed by atoms with E-state index in [1.54, 1.807) is 22.1 Å². The normalized spacial score (nSPS) is 10.7. The van der Waals surface area contributed by atoms with Gasteiger partial charge in [-0.15, -0.1) is 11.3 Å². The minimum atomic E-state index is 0.0217. The van der Waals surface area contributed by atoms with E-state index in [1.165, 1.54) is 0 Å². The molecule has 2 heterocycles. The number of hydrogen-bond donors (Lipinski definition) is 0. The molecule has 3 nitrogen and oxygen atoms in total. The molecule has 0 spiro atoms. The number of halogens is 2. The van der Waals surface area contributed by atoms with Crippen molar-refractivity contribution in [2.75, 3.05) is 0 Å². The summed E-state index contributed by atoms with van der Waals surface area (Å²) in [6.45, 7) is 2.42. The van der Waals surface area contributed by atoms with Gasteiger partial charge in [-0.05, 0) is 56.9 Å². The van der Waals surface area contributed by atoms with Crippen LogP contribution in [0.2, 0.25) is 0 Å². The Bertz CT molecular complexity index is 578. The number of nitrogens with zero attached hydrogens (tertiary/aromatic N) is 2. The van der Waals surface area contributed by atoms with E-state index in [0.717, 1.165) is 15.2 Å². The van der Waals surface area contributed by atoms with Crippen molar-refractivity contribution in [1.82, 2.24) is 9.55 Å². The highest BCUT2D eigenvalue weighted by Crippen LogP contribution is 2.23. The lowest BCUT2D eigenvalue weighted by Gasteiger charge is -2.08. The fourth-order valence-electron chi connectivity index (χ4n) is 1.32. The quantitative estimate of drug-likeness (QED) is 0.713. The molecule has 0 N–H and O–H groups in total. The summed E-state index contributed by atoms with van der Waals surface area (Å²) in [6, 6.07) is 1.99. The van der Waals surface area contributed by atoms with Crippen LogP contribution in [0.15, 0.2) is 26.9 Å². The van der Waals surface area contributed by atoms with Crippen molar-refractivity contribution in [3.05, 3.63) is 46.7 Å². The molecule has 0 aliphatic rings. The van der Waals surface area contributed by atoms with Crippen molar-refractivity contribution in [3.8, 4) is 0 Å². The molecule has 0 aliphatic heterocycles. The summed E-state index contributed by atoms with van der Waals surface area (Å²) in [4.78, 5) is 17.3. The highest BCUT2D eigenvalue weighted by atomic mass is 127. The van der Waals surface area contributed by atoms with Gasteiger partial charge in [-0.2, -0.15) is 0 Å². The van der Waals surface area contributed by atoms with E-state index >= 15 is 0 Å². The Kier molecular flexibility index (Phi) is 3.81. The molecule has 2 aromatic rings. The summed E-state index contributed by atoms with van der Waals surface area (Å²) >= 11 is 7.11. The predicted octanol–water partition coefficient (Wildman–Crippen LogP) is 3.03. The van der Waals surface area contributed by atoms with Crippen LogP contribution in [0.5, 0.6) is 0 Å². The lowest BCUT2D eigenvalue weighted by atomic mass is 10.4. The van der Waals surface area contributed by atoms with E-state index in [1.807, 2.05) is 41.0 Å². The maximum Gasteiger partial charge on any atom is 0.267 e. The largest absolute Gasteiger partial charge is 0.291 e. The average Bonchev–Trinajstić information content (AvgIpc) is 2.65. The first-order chi connectivity index (χ1) is 7.59. The average molecular weight is 411 g/mol. The van der Waals surface area contributed by atoms with Crippen molar-refractivity contribution in [2.45, 2.75) is 13.5 Å². The SMILES string of the molecule is Cc1ncc(I)c(=O)n1Cc1sccc1Br. The molecule has 0 radical (unpaired) electrons. The Morgan fingerprint density at radius 2 is 2.38 bits per heavy atom. The summed E-state index contributed by atoms with van der Waals surface area (Å²) in [7, 11) is 0. The first-order valence-corrected chi connectivity index (χ1v) is 7.28. The molecule has 6 heteroatoms. The number of thiophene rings is 1. The summed E-state index contributed by atoms with van der Waals surface area (Å²) in [5.41, 5.74) is 0.0217. The first kappa shape index (κ1) is 12.3.